The third-order valence-electron chi connectivity index (χ3n) is 1.40. The third kappa shape index (κ3) is 3.51. The first kappa shape index (κ1) is 12.5. The summed E-state index contributed by atoms with van der Waals surface area (Å²) in [6.45, 7) is 0.111. The molecule has 0 unspecified atom stereocenters. The Hall–Kier alpha value is -0.530. The molecule has 0 bridgehead atoms. The molecule has 84 valence electrons. The molecule has 3 nitrogen and oxygen atoms in total. The Morgan fingerprint density at radius 2 is 2.13 bits per heavy atom. The third-order valence-corrected chi connectivity index (χ3v) is 2.36. The highest BCUT2D eigenvalue weighted by Crippen LogP contribution is 2.31. The highest BCUT2D eigenvalue weighted by molar-refractivity contribution is 9.10. The van der Waals surface area contributed by atoms with Crippen molar-refractivity contribution in [2.24, 2.45) is 5.73 Å². The van der Waals surface area contributed by atoms with E-state index in [0.717, 1.165) is 0 Å². The summed E-state index contributed by atoms with van der Waals surface area (Å²) < 4.78 is 39.4. The maximum absolute atomic E-state index is 11.9. The smallest absolute Gasteiger partial charge is 0.386 e. The van der Waals surface area contributed by atoms with Crippen LogP contribution in [0.3, 0.4) is 0 Å². The molecule has 0 atom stereocenters. The predicted octanol–water partition coefficient (Wildman–Crippen LogP) is 2.85. The number of alkyl halides is 3. The molecule has 0 radical (unpaired) electrons. The van der Waals surface area contributed by atoms with Gasteiger partial charge in [-0.25, -0.2) is 4.98 Å². The van der Waals surface area contributed by atoms with Gasteiger partial charge in [0.1, 0.15) is 9.63 Å². The number of hydrogen-bond donors (Lipinski definition) is 1. The van der Waals surface area contributed by atoms with E-state index in [1.165, 1.54) is 6.07 Å². The van der Waals surface area contributed by atoms with Crippen LogP contribution in [0.2, 0.25) is 5.02 Å². The van der Waals surface area contributed by atoms with Gasteiger partial charge in [-0.05, 0) is 22.0 Å². The predicted molar refractivity (Wildman–Crippen MR) is 51.5 cm³/mol. The van der Waals surface area contributed by atoms with Gasteiger partial charge in [0, 0.05) is 12.1 Å². The van der Waals surface area contributed by atoms with Crippen molar-refractivity contribution in [1.82, 2.24) is 4.98 Å². The van der Waals surface area contributed by atoms with Gasteiger partial charge in [0.2, 0.25) is 5.88 Å². The van der Waals surface area contributed by atoms with Gasteiger partial charge in [-0.3, -0.25) is 0 Å². The Morgan fingerprint density at radius 3 is 2.60 bits per heavy atom. The van der Waals surface area contributed by atoms with E-state index in [1.807, 2.05) is 0 Å². The normalized spacial score (nSPS) is 11.6. The van der Waals surface area contributed by atoms with Gasteiger partial charge in [0.05, 0.1) is 0 Å². The lowest BCUT2D eigenvalue weighted by Crippen LogP contribution is -2.18. The van der Waals surface area contributed by atoms with Gasteiger partial charge < -0.3 is 10.5 Å². The summed E-state index contributed by atoms with van der Waals surface area (Å²) in [4.78, 5) is 3.49. The van der Waals surface area contributed by atoms with E-state index < -0.39 is 12.2 Å². The van der Waals surface area contributed by atoms with E-state index in [1.54, 1.807) is 0 Å². The van der Waals surface area contributed by atoms with Crippen molar-refractivity contribution in [2.75, 3.05) is 0 Å². The molecule has 0 amide bonds. The maximum Gasteiger partial charge on any atom is 0.574 e. The molecule has 1 rings (SSSR count). The molecule has 15 heavy (non-hydrogen) atoms. The Balaban J connectivity index is 3.05. The van der Waals surface area contributed by atoms with Crippen LogP contribution in [0.15, 0.2) is 10.7 Å². The molecule has 0 saturated carbocycles. The van der Waals surface area contributed by atoms with Crippen LogP contribution in [0.25, 0.3) is 0 Å². The first-order valence-electron chi connectivity index (χ1n) is 3.64. The Kier molecular flexibility index (Phi) is 3.80. The average molecular weight is 305 g/mol. The monoisotopic (exact) mass is 304 g/mol. The van der Waals surface area contributed by atoms with Crippen LogP contribution >= 0.6 is 27.5 Å². The number of nitrogens with zero attached hydrogens (tertiary/aromatic N) is 1. The fraction of sp³-hybridized carbons (Fsp3) is 0.286. The van der Waals surface area contributed by atoms with Crippen molar-refractivity contribution < 1.29 is 17.9 Å². The number of ether oxygens (including phenoxy) is 1. The zero-order valence-corrected chi connectivity index (χ0v) is 9.45. The number of rotatable bonds is 2. The lowest BCUT2D eigenvalue weighted by Gasteiger charge is -2.10. The second-order valence-corrected chi connectivity index (χ2v) is 3.64. The van der Waals surface area contributed by atoms with Crippen LogP contribution in [-0.2, 0) is 6.54 Å². The van der Waals surface area contributed by atoms with Gasteiger partial charge in [0.15, 0.2) is 0 Å². The lowest BCUT2D eigenvalue weighted by atomic mass is 10.3. The molecule has 8 heteroatoms. The number of halogens is 5. The summed E-state index contributed by atoms with van der Waals surface area (Å²) >= 11 is 8.47. The zero-order chi connectivity index (χ0) is 11.6. The molecule has 0 saturated heterocycles. The molecular weight excluding hydrogens is 300 g/mol. The van der Waals surface area contributed by atoms with E-state index in [4.69, 9.17) is 17.3 Å². The molecule has 2 N–H and O–H groups in total. The minimum absolute atomic E-state index is 0.111. The van der Waals surface area contributed by atoms with Crippen LogP contribution in [0.1, 0.15) is 5.56 Å². The van der Waals surface area contributed by atoms with Crippen LogP contribution in [0, 0.1) is 0 Å². The molecule has 0 aromatic carbocycles. The minimum Gasteiger partial charge on any atom is -0.386 e. The van der Waals surface area contributed by atoms with E-state index in [9.17, 15) is 13.2 Å². The summed E-state index contributed by atoms with van der Waals surface area (Å²) in [5.74, 6) is -0.701. The van der Waals surface area contributed by atoms with Gasteiger partial charge in [-0.2, -0.15) is 0 Å². The Morgan fingerprint density at radius 1 is 1.53 bits per heavy atom. The quantitative estimate of drug-likeness (QED) is 0.855. The Bertz CT molecular complexity index is 372. The number of pyridine rings is 1. The van der Waals surface area contributed by atoms with Gasteiger partial charge in [-0.1, -0.05) is 11.6 Å². The molecule has 0 fully saturated rings. The minimum atomic E-state index is -4.82. The van der Waals surface area contributed by atoms with E-state index in [-0.39, 0.29) is 16.2 Å². The lowest BCUT2D eigenvalue weighted by molar-refractivity contribution is -0.276. The van der Waals surface area contributed by atoms with E-state index in [2.05, 4.69) is 25.7 Å². The molecule has 1 heterocycles. The van der Waals surface area contributed by atoms with Crippen molar-refractivity contribution in [3.8, 4) is 5.88 Å². The molecule has 0 spiro atoms. The standard InChI is InChI=1S/C7H5BrClF3N2O/c8-5-3(2-13)1-4(9)6(14-5)15-7(10,11)12/h1H,2,13H2. The zero-order valence-electron chi connectivity index (χ0n) is 7.11. The highest BCUT2D eigenvalue weighted by Gasteiger charge is 2.33. The second kappa shape index (κ2) is 4.54. The molecular formula is C7H5BrClF3N2O. The van der Waals surface area contributed by atoms with E-state index >= 15 is 0 Å². The molecule has 0 aliphatic heterocycles. The van der Waals surface area contributed by atoms with Crippen molar-refractivity contribution in [3.05, 3.63) is 21.3 Å². The number of nitrogens with two attached hydrogens (primary N) is 1. The molecule has 1 aromatic rings. The molecule has 1 aromatic heterocycles. The summed E-state index contributed by atoms with van der Waals surface area (Å²) in [7, 11) is 0. The fourth-order valence-corrected chi connectivity index (χ4v) is 1.46. The van der Waals surface area contributed by atoms with Gasteiger partial charge in [0.25, 0.3) is 0 Å². The van der Waals surface area contributed by atoms with E-state index in [0.29, 0.717) is 5.56 Å². The second-order valence-electron chi connectivity index (χ2n) is 2.48. The van der Waals surface area contributed by atoms with Crippen LogP contribution in [-0.4, -0.2) is 11.3 Å². The summed E-state index contributed by atoms with van der Waals surface area (Å²) in [5.41, 5.74) is 5.80. The van der Waals surface area contributed by atoms with Crippen LogP contribution < -0.4 is 10.5 Å². The summed E-state index contributed by atoms with van der Waals surface area (Å²) in [5, 5.41) is -0.240. The van der Waals surface area contributed by atoms with Gasteiger partial charge >= 0.3 is 6.36 Å². The van der Waals surface area contributed by atoms with Crippen molar-refractivity contribution in [2.45, 2.75) is 12.9 Å². The maximum atomic E-state index is 11.9. The first-order chi connectivity index (χ1) is 6.83. The van der Waals surface area contributed by atoms with Gasteiger partial charge in [-0.15, -0.1) is 13.2 Å². The van der Waals surface area contributed by atoms with Crippen LogP contribution in [0.4, 0.5) is 13.2 Å². The van der Waals surface area contributed by atoms with Crippen molar-refractivity contribution >= 4 is 27.5 Å². The topological polar surface area (TPSA) is 48.1 Å². The molecule has 0 aliphatic rings. The largest absolute Gasteiger partial charge is 0.574 e. The summed E-state index contributed by atoms with van der Waals surface area (Å²) in [6.07, 6.45) is -4.82. The first-order valence-corrected chi connectivity index (χ1v) is 4.81. The Labute approximate surface area is 96.5 Å². The van der Waals surface area contributed by atoms with Crippen molar-refractivity contribution in [1.29, 1.82) is 0 Å². The average Bonchev–Trinajstić information content (AvgIpc) is 2.08. The summed E-state index contributed by atoms with van der Waals surface area (Å²) in [6, 6.07) is 1.26. The fourth-order valence-electron chi connectivity index (χ4n) is 0.813. The highest BCUT2D eigenvalue weighted by atomic mass is 79.9. The number of aromatic nitrogens is 1. The number of hydrogen-bond acceptors (Lipinski definition) is 3. The van der Waals surface area contributed by atoms with Crippen LogP contribution in [0.5, 0.6) is 5.88 Å². The van der Waals surface area contributed by atoms with Crippen molar-refractivity contribution in [3.63, 3.8) is 0 Å². The SMILES string of the molecule is NCc1cc(Cl)c(OC(F)(F)F)nc1Br. The molecule has 0 aliphatic carbocycles.